The van der Waals surface area contributed by atoms with Gasteiger partial charge < -0.3 is 65.1 Å². The SMILES string of the molecule is CCCCCCC/C=C/C(O)C(COC1OC(CO)C(OC2OC(CO)C(O)C(O)C2O)C(O)C1O)NC(=O)CCCCCCC/C=C\CCCCCCCCC. The molecule has 12 unspecified atom stereocenters. The molecule has 2 rings (SSSR count). The summed E-state index contributed by atoms with van der Waals surface area (Å²) in [4.78, 5) is 13.0. The van der Waals surface area contributed by atoms with Gasteiger partial charge in [0.2, 0.25) is 5.91 Å². The van der Waals surface area contributed by atoms with E-state index in [1.54, 1.807) is 6.08 Å². The van der Waals surface area contributed by atoms with E-state index in [0.717, 1.165) is 70.6 Å². The Morgan fingerprint density at radius 2 is 1.11 bits per heavy atom. The molecule has 334 valence electrons. The summed E-state index contributed by atoms with van der Waals surface area (Å²) in [7, 11) is 0. The monoisotopic (exact) mass is 818 g/mol. The van der Waals surface area contributed by atoms with Crippen molar-refractivity contribution in [1.29, 1.82) is 0 Å². The van der Waals surface area contributed by atoms with Gasteiger partial charge in [0.05, 0.1) is 32.0 Å². The Labute approximate surface area is 341 Å². The number of carbonyl (C=O) groups excluding carboxylic acids is 1. The molecule has 0 aromatic heterocycles. The van der Waals surface area contributed by atoms with Gasteiger partial charge in [-0.05, 0) is 44.9 Å². The van der Waals surface area contributed by atoms with E-state index in [1.165, 1.54) is 51.4 Å². The highest BCUT2D eigenvalue weighted by molar-refractivity contribution is 5.76. The molecule has 1 amide bonds. The van der Waals surface area contributed by atoms with Crippen LogP contribution in [0.15, 0.2) is 24.3 Å². The van der Waals surface area contributed by atoms with Crippen molar-refractivity contribution < 1.29 is 64.6 Å². The van der Waals surface area contributed by atoms with Crippen LogP contribution in [0.5, 0.6) is 0 Å². The number of ether oxygens (including phenoxy) is 4. The summed E-state index contributed by atoms with van der Waals surface area (Å²) >= 11 is 0. The molecule has 12 atom stereocenters. The number of hydrogen-bond donors (Lipinski definition) is 9. The van der Waals surface area contributed by atoms with Crippen LogP contribution in [0.3, 0.4) is 0 Å². The summed E-state index contributed by atoms with van der Waals surface area (Å²) in [5.74, 6) is -0.254. The minimum atomic E-state index is -1.78. The average molecular weight is 818 g/mol. The van der Waals surface area contributed by atoms with Crippen LogP contribution in [0.1, 0.15) is 149 Å². The predicted molar refractivity (Wildman–Crippen MR) is 217 cm³/mol. The fourth-order valence-electron chi connectivity index (χ4n) is 7.16. The van der Waals surface area contributed by atoms with Gasteiger partial charge >= 0.3 is 0 Å². The number of unbranched alkanes of at least 4 members (excludes halogenated alkanes) is 17. The van der Waals surface area contributed by atoms with Crippen molar-refractivity contribution in [3.8, 4) is 0 Å². The van der Waals surface area contributed by atoms with Crippen molar-refractivity contribution in [2.75, 3.05) is 19.8 Å². The maximum Gasteiger partial charge on any atom is 0.220 e. The minimum absolute atomic E-state index is 0.254. The third-order valence-electron chi connectivity index (χ3n) is 10.9. The maximum absolute atomic E-state index is 13.0. The number of rotatable bonds is 32. The van der Waals surface area contributed by atoms with Crippen molar-refractivity contribution in [3.63, 3.8) is 0 Å². The van der Waals surface area contributed by atoms with Gasteiger partial charge in [-0.15, -0.1) is 0 Å². The molecule has 0 aliphatic carbocycles. The zero-order valence-corrected chi connectivity index (χ0v) is 34.8. The first-order chi connectivity index (χ1) is 27.6. The third kappa shape index (κ3) is 20.1. The van der Waals surface area contributed by atoms with Crippen LogP contribution in [0.4, 0.5) is 0 Å². The van der Waals surface area contributed by atoms with E-state index in [2.05, 4.69) is 31.3 Å². The van der Waals surface area contributed by atoms with Crippen LogP contribution >= 0.6 is 0 Å². The molecule has 2 heterocycles. The Morgan fingerprint density at radius 1 is 0.614 bits per heavy atom. The first-order valence-corrected chi connectivity index (χ1v) is 22.1. The number of aliphatic hydroxyl groups is 8. The summed E-state index contributed by atoms with van der Waals surface area (Å²) in [5, 5.41) is 86.1. The molecule has 0 bridgehead atoms. The lowest BCUT2D eigenvalue weighted by molar-refractivity contribution is -0.359. The van der Waals surface area contributed by atoms with Gasteiger partial charge in [-0.2, -0.15) is 0 Å². The van der Waals surface area contributed by atoms with Crippen LogP contribution < -0.4 is 5.32 Å². The van der Waals surface area contributed by atoms with E-state index < -0.39 is 86.8 Å². The predicted octanol–water partition coefficient (Wildman–Crippen LogP) is 3.82. The first kappa shape index (κ1) is 51.6. The van der Waals surface area contributed by atoms with E-state index in [-0.39, 0.29) is 18.9 Å². The van der Waals surface area contributed by atoms with Gasteiger partial charge in [0, 0.05) is 6.42 Å². The van der Waals surface area contributed by atoms with Gasteiger partial charge in [-0.25, -0.2) is 0 Å². The highest BCUT2D eigenvalue weighted by Gasteiger charge is 2.50. The number of aliphatic hydroxyl groups excluding tert-OH is 8. The van der Waals surface area contributed by atoms with Gasteiger partial charge in [-0.3, -0.25) is 4.79 Å². The van der Waals surface area contributed by atoms with Gasteiger partial charge in [0.25, 0.3) is 0 Å². The number of allylic oxidation sites excluding steroid dienone is 3. The molecule has 0 aromatic carbocycles. The smallest absolute Gasteiger partial charge is 0.220 e. The van der Waals surface area contributed by atoms with Crippen LogP contribution in [0.2, 0.25) is 0 Å². The molecule has 14 heteroatoms. The van der Waals surface area contributed by atoms with Crippen molar-refractivity contribution in [2.45, 2.75) is 222 Å². The van der Waals surface area contributed by atoms with Crippen molar-refractivity contribution in [3.05, 3.63) is 24.3 Å². The van der Waals surface area contributed by atoms with Crippen molar-refractivity contribution >= 4 is 5.91 Å². The Hall–Kier alpha value is -1.53. The summed E-state index contributed by atoms with van der Waals surface area (Å²) in [6.07, 6.45) is 14.0. The van der Waals surface area contributed by atoms with Crippen molar-refractivity contribution in [1.82, 2.24) is 5.32 Å². The number of nitrogens with one attached hydrogen (secondary N) is 1. The highest BCUT2D eigenvalue weighted by Crippen LogP contribution is 2.30. The molecule has 0 spiro atoms. The van der Waals surface area contributed by atoms with Crippen LogP contribution in [-0.4, -0.2) is 140 Å². The van der Waals surface area contributed by atoms with Crippen molar-refractivity contribution in [2.24, 2.45) is 0 Å². The topological polar surface area (TPSA) is 228 Å². The van der Waals surface area contributed by atoms with E-state index in [1.807, 2.05) is 6.08 Å². The largest absolute Gasteiger partial charge is 0.394 e. The standard InChI is InChI=1S/C43H79NO13/c1-3-5-7-9-11-12-13-14-15-16-17-18-19-21-23-25-27-35(48)44-31(32(47)26-24-22-20-10-8-6-4-2)30-54-42-40(53)38(51)41(34(29-46)56-42)57-43-39(52)37(50)36(49)33(28-45)55-43/h15-16,24,26,31-34,36-43,45-47,49-53H,3-14,17-23,25,27-30H2,1-2H3,(H,44,48)/b16-15-,26-24+. The maximum atomic E-state index is 13.0. The first-order valence-electron chi connectivity index (χ1n) is 22.1. The summed E-state index contributed by atoms with van der Waals surface area (Å²) in [6.45, 7) is 2.68. The number of carbonyl (C=O) groups is 1. The molecule has 2 aliphatic heterocycles. The normalized spacial score (nSPS) is 29.3. The molecular weight excluding hydrogens is 738 g/mol. The molecule has 0 saturated carbocycles. The molecule has 9 N–H and O–H groups in total. The summed E-state index contributed by atoms with van der Waals surface area (Å²) < 4.78 is 22.5. The van der Waals surface area contributed by atoms with Crippen LogP contribution in [0, 0.1) is 0 Å². The zero-order chi connectivity index (χ0) is 41.8. The van der Waals surface area contributed by atoms with E-state index in [4.69, 9.17) is 18.9 Å². The van der Waals surface area contributed by atoms with Crippen LogP contribution in [-0.2, 0) is 23.7 Å². The van der Waals surface area contributed by atoms with Gasteiger partial charge in [-0.1, -0.05) is 122 Å². The lowest BCUT2D eigenvalue weighted by atomic mass is 9.97. The number of amides is 1. The Bertz CT molecular complexity index is 1060. The fourth-order valence-corrected chi connectivity index (χ4v) is 7.16. The quantitative estimate of drug-likeness (QED) is 0.0348. The highest BCUT2D eigenvalue weighted by atomic mass is 16.7. The number of hydrogen-bond acceptors (Lipinski definition) is 13. The lowest BCUT2D eigenvalue weighted by Crippen LogP contribution is -2.65. The molecule has 14 nitrogen and oxygen atoms in total. The Morgan fingerprint density at radius 3 is 1.67 bits per heavy atom. The van der Waals surface area contributed by atoms with E-state index in [0.29, 0.717) is 6.42 Å². The second-order valence-electron chi connectivity index (χ2n) is 15.8. The third-order valence-corrected chi connectivity index (χ3v) is 10.9. The molecule has 2 saturated heterocycles. The molecule has 2 aliphatic rings. The summed E-state index contributed by atoms with van der Waals surface area (Å²) in [6, 6.07) is -0.912. The second-order valence-corrected chi connectivity index (χ2v) is 15.8. The molecule has 57 heavy (non-hydrogen) atoms. The molecule has 2 fully saturated rings. The lowest BCUT2D eigenvalue weighted by Gasteiger charge is -2.46. The molecule has 0 radical (unpaired) electrons. The van der Waals surface area contributed by atoms with E-state index in [9.17, 15) is 45.6 Å². The molecular formula is C43H79NO13. The average Bonchev–Trinajstić information content (AvgIpc) is 3.21. The Balaban J connectivity index is 1.86. The minimum Gasteiger partial charge on any atom is -0.394 e. The van der Waals surface area contributed by atoms with E-state index >= 15 is 0 Å². The fraction of sp³-hybridized carbons (Fsp3) is 0.884. The van der Waals surface area contributed by atoms with Crippen LogP contribution in [0.25, 0.3) is 0 Å². The molecule has 0 aromatic rings. The second kappa shape index (κ2) is 31.4. The summed E-state index contributed by atoms with van der Waals surface area (Å²) in [5.41, 5.74) is 0. The van der Waals surface area contributed by atoms with Gasteiger partial charge in [0.15, 0.2) is 12.6 Å². The zero-order valence-electron chi connectivity index (χ0n) is 34.8. The Kier molecular flexibility index (Phi) is 28.4. The van der Waals surface area contributed by atoms with Gasteiger partial charge in [0.1, 0.15) is 48.8 Å².